The van der Waals surface area contributed by atoms with Gasteiger partial charge in [0.05, 0.1) is 0 Å². The van der Waals surface area contributed by atoms with E-state index in [1.807, 2.05) is 0 Å². The normalized spacial score (nSPS) is 15.9. The first-order valence-electron chi connectivity index (χ1n) is 15.0. The Bertz CT molecular complexity index is 406. The van der Waals surface area contributed by atoms with Crippen LogP contribution in [0.4, 0.5) is 0 Å². The van der Waals surface area contributed by atoms with E-state index in [1.165, 1.54) is 154 Å². The maximum Gasteiger partial charge on any atom is 0.100 e. The van der Waals surface area contributed by atoms with Crippen LogP contribution in [0.15, 0.2) is 12.4 Å². The van der Waals surface area contributed by atoms with Crippen LogP contribution in [0, 0.1) is 0 Å². The largest absolute Gasteiger partial charge is 0.356 e. The van der Waals surface area contributed by atoms with Gasteiger partial charge >= 0.3 is 0 Å². The summed E-state index contributed by atoms with van der Waals surface area (Å²) >= 11 is 0. The van der Waals surface area contributed by atoms with Crippen LogP contribution in [0.25, 0.3) is 0 Å². The fraction of sp³-hybridized carbons (Fsp3) is 0.933. The van der Waals surface area contributed by atoms with Gasteiger partial charge in [-0.05, 0) is 19.3 Å². The third kappa shape index (κ3) is 15.2. The fourth-order valence-electron chi connectivity index (χ4n) is 5.22. The minimum Gasteiger partial charge on any atom is -0.356 e. The Kier molecular flexibility index (Phi) is 20.3. The van der Waals surface area contributed by atoms with E-state index in [2.05, 4.69) is 43.0 Å². The molecule has 2 heteroatoms. The van der Waals surface area contributed by atoms with Gasteiger partial charge in [0.15, 0.2) is 0 Å². The Morgan fingerprint density at radius 3 is 0.969 bits per heavy atom. The molecule has 0 spiro atoms. The summed E-state index contributed by atoms with van der Waals surface area (Å²) in [6, 6.07) is 0. The highest BCUT2D eigenvalue weighted by molar-refractivity contribution is 4.96. The van der Waals surface area contributed by atoms with Crippen molar-refractivity contribution in [3.63, 3.8) is 0 Å². The zero-order valence-electron chi connectivity index (χ0n) is 22.6. The van der Waals surface area contributed by atoms with E-state index in [4.69, 9.17) is 0 Å². The fourth-order valence-corrected chi connectivity index (χ4v) is 5.22. The second kappa shape index (κ2) is 22.1. The minimum absolute atomic E-state index is 0.622. The summed E-state index contributed by atoms with van der Waals surface area (Å²) < 4.78 is 0. The minimum atomic E-state index is 0.622. The summed E-state index contributed by atoms with van der Waals surface area (Å²) in [6.07, 6.45) is 36.7. The predicted octanol–water partition coefficient (Wildman–Crippen LogP) is 10.0. The van der Waals surface area contributed by atoms with Gasteiger partial charge in [0.1, 0.15) is 6.17 Å². The van der Waals surface area contributed by atoms with Crippen LogP contribution < -0.4 is 0 Å². The Morgan fingerprint density at radius 2 is 0.688 bits per heavy atom. The second-order valence-corrected chi connectivity index (χ2v) is 10.4. The summed E-state index contributed by atoms with van der Waals surface area (Å²) in [5.41, 5.74) is 0. The molecule has 32 heavy (non-hydrogen) atoms. The summed E-state index contributed by atoms with van der Waals surface area (Å²) in [7, 11) is 0. The Hall–Kier alpha value is -0.660. The molecule has 0 radical (unpaired) electrons. The lowest BCUT2D eigenvalue weighted by atomic mass is 10.0. The van der Waals surface area contributed by atoms with Gasteiger partial charge in [-0.1, -0.05) is 143 Å². The van der Waals surface area contributed by atoms with Crippen LogP contribution in [0.3, 0.4) is 0 Å². The van der Waals surface area contributed by atoms with E-state index in [0.717, 1.165) is 0 Å². The highest BCUT2D eigenvalue weighted by atomic mass is 15.4. The van der Waals surface area contributed by atoms with E-state index in [-0.39, 0.29) is 0 Å². The van der Waals surface area contributed by atoms with E-state index in [1.54, 1.807) is 0 Å². The average molecular weight is 449 g/mol. The zero-order chi connectivity index (χ0) is 23.1. The van der Waals surface area contributed by atoms with Crippen molar-refractivity contribution in [2.75, 3.05) is 13.1 Å². The van der Waals surface area contributed by atoms with Crippen molar-refractivity contribution in [3.05, 3.63) is 12.4 Å². The molecule has 0 saturated heterocycles. The first-order valence-corrected chi connectivity index (χ1v) is 15.0. The molecule has 0 amide bonds. The van der Waals surface area contributed by atoms with Gasteiger partial charge in [-0.25, -0.2) is 0 Å². The maximum atomic E-state index is 2.61. The molecule has 1 atom stereocenters. The topological polar surface area (TPSA) is 6.48 Å². The number of nitrogens with zero attached hydrogens (tertiary/aromatic N) is 2. The maximum absolute atomic E-state index is 2.61. The lowest BCUT2D eigenvalue weighted by Crippen LogP contribution is -2.38. The first-order chi connectivity index (χ1) is 15.8. The predicted molar refractivity (Wildman–Crippen MR) is 145 cm³/mol. The van der Waals surface area contributed by atoms with Crippen molar-refractivity contribution >= 4 is 0 Å². The number of unbranched alkanes of at least 4 members (excludes halogenated alkanes) is 19. The van der Waals surface area contributed by atoms with Crippen molar-refractivity contribution < 1.29 is 0 Å². The molecule has 0 bridgehead atoms. The Balaban J connectivity index is 1.90. The molecule has 1 aliphatic rings. The van der Waals surface area contributed by atoms with E-state index >= 15 is 0 Å². The molecule has 2 nitrogen and oxygen atoms in total. The van der Waals surface area contributed by atoms with Crippen LogP contribution in [-0.4, -0.2) is 29.1 Å². The van der Waals surface area contributed by atoms with Crippen molar-refractivity contribution in [1.29, 1.82) is 0 Å². The van der Waals surface area contributed by atoms with Gasteiger partial charge in [0, 0.05) is 25.5 Å². The summed E-state index contributed by atoms with van der Waals surface area (Å²) in [5, 5.41) is 0. The third-order valence-corrected chi connectivity index (χ3v) is 7.37. The molecule has 190 valence electrons. The van der Waals surface area contributed by atoms with Gasteiger partial charge in [-0.2, -0.15) is 0 Å². The van der Waals surface area contributed by atoms with Crippen molar-refractivity contribution in [1.82, 2.24) is 9.80 Å². The van der Waals surface area contributed by atoms with Gasteiger partial charge in [-0.3, -0.25) is 0 Å². The standard InChI is InChI=1S/C30H60N2/c1-4-7-9-11-13-14-15-16-17-18-19-20-21-23-25-27-32-29-28-31(30(32)6-3)26-24-22-12-10-8-5-2/h28-30H,4-27H2,1-3H3. The van der Waals surface area contributed by atoms with Gasteiger partial charge in [0.2, 0.25) is 0 Å². The summed E-state index contributed by atoms with van der Waals surface area (Å²) in [5.74, 6) is 0. The third-order valence-electron chi connectivity index (χ3n) is 7.37. The smallest absolute Gasteiger partial charge is 0.100 e. The molecule has 1 aliphatic heterocycles. The van der Waals surface area contributed by atoms with Crippen LogP contribution in [0.1, 0.15) is 162 Å². The quantitative estimate of drug-likeness (QED) is 0.135. The second-order valence-electron chi connectivity index (χ2n) is 10.4. The first kappa shape index (κ1) is 29.4. The van der Waals surface area contributed by atoms with Gasteiger partial charge < -0.3 is 9.80 Å². The average Bonchev–Trinajstić information content (AvgIpc) is 3.20. The molecule has 1 rings (SSSR count). The highest BCUT2D eigenvalue weighted by Gasteiger charge is 2.23. The molecule has 0 aliphatic carbocycles. The highest BCUT2D eigenvalue weighted by Crippen LogP contribution is 2.21. The monoisotopic (exact) mass is 448 g/mol. The molecular weight excluding hydrogens is 388 g/mol. The number of hydrogen-bond donors (Lipinski definition) is 0. The zero-order valence-corrected chi connectivity index (χ0v) is 22.6. The molecule has 1 heterocycles. The molecule has 1 unspecified atom stereocenters. The van der Waals surface area contributed by atoms with Crippen molar-refractivity contribution in [2.45, 2.75) is 168 Å². The van der Waals surface area contributed by atoms with Crippen molar-refractivity contribution in [2.24, 2.45) is 0 Å². The molecule has 0 fully saturated rings. The number of hydrogen-bond acceptors (Lipinski definition) is 2. The Morgan fingerprint density at radius 1 is 0.406 bits per heavy atom. The van der Waals surface area contributed by atoms with Crippen molar-refractivity contribution in [3.8, 4) is 0 Å². The van der Waals surface area contributed by atoms with E-state index in [9.17, 15) is 0 Å². The number of rotatable bonds is 24. The molecule has 0 N–H and O–H groups in total. The molecule has 0 saturated carbocycles. The van der Waals surface area contributed by atoms with Crippen LogP contribution in [0.5, 0.6) is 0 Å². The summed E-state index contributed by atoms with van der Waals surface area (Å²) in [4.78, 5) is 5.21. The molecular formula is C30H60N2. The van der Waals surface area contributed by atoms with Crippen LogP contribution >= 0.6 is 0 Å². The molecule has 0 aromatic heterocycles. The van der Waals surface area contributed by atoms with Crippen LogP contribution in [0.2, 0.25) is 0 Å². The molecule has 0 aromatic rings. The molecule has 0 aromatic carbocycles. The Labute approximate surface area is 203 Å². The van der Waals surface area contributed by atoms with E-state index < -0.39 is 0 Å². The van der Waals surface area contributed by atoms with Gasteiger partial charge in [0.25, 0.3) is 0 Å². The lowest BCUT2D eigenvalue weighted by Gasteiger charge is -2.32. The van der Waals surface area contributed by atoms with Crippen LogP contribution in [-0.2, 0) is 0 Å². The SMILES string of the molecule is CCCCCCCCCCCCCCCCCN1C=CN(CCCCCCCC)C1CC. The van der Waals surface area contributed by atoms with E-state index in [0.29, 0.717) is 6.17 Å². The summed E-state index contributed by atoms with van der Waals surface area (Å²) in [6.45, 7) is 9.45. The lowest BCUT2D eigenvalue weighted by molar-refractivity contribution is 0.144. The van der Waals surface area contributed by atoms with Gasteiger partial charge in [-0.15, -0.1) is 0 Å².